The fraction of sp³-hybridized carbons (Fsp3) is 0. The highest BCUT2D eigenvalue weighted by molar-refractivity contribution is 9.10. The Labute approximate surface area is 153 Å². The standard InChI is InChI=1S/C16H8BrClF2N2OS/c17-9-2-3-11(18)10(6-9)15(23)22-16-21-14(7-24-16)8-1-4-12(19)13(20)5-8/h1-7H,(H,21,22,23). The number of aromatic nitrogens is 1. The Morgan fingerprint density at radius 1 is 1.17 bits per heavy atom. The molecule has 0 saturated heterocycles. The minimum Gasteiger partial charge on any atom is -0.298 e. The summed E-state index contributed by atoms with van der Waals surface area (Å²) in [6, 6.07) is 8.44. The number of amides is 1. The van der Waals surface area contributed by atoms with E-state index in [9.17, 15) is 13.6 Å². The lowest BCUT2D eigenvalue weighted by Crippen LogP contribution is -2.12. The van der Waals surface area contributed by atoms with Crippen molar-refractivity contribution in [3.8, 4) is 11.3 Å². The summed E-state index contributed by atoms with van der Waals surface area (Å²) in [6.45, 7) is 0. The van der Waals surface area contributed by atoms with Crippen molar-refractivity contribution in [2.45, 2.75) is 0 Å². The van der Waals surface area contributed by atoms with Gasteiger partial charge in [0.1, 0.15) is 0 Å². The molecule has 1 aromatic heterocycles. The zero-order chi connectivity index (χ0) is 17.3. The van der Waals surface area contributed by atoms with Crippen LogP contribution in [0, 0.1) is 11.6 Å². The zero-order valence-electron chi connectivity index (χ0n) is 11.8. The van der Waals surface area contributed by atoms with Crippen molar-refractivity contribution in [3.05, 3.63) is 68.5 Å². The number of carbonyl (C=O) groups is 1. The van der Waals surface area contributed by atoms with Crippen molar-refractivity contribution >= 4 is 49.9 Å². The monoisotopic (exact) mass is 428 g/mol. The Bertz CT molecular complexity index is 932. The average molecular weight is 430 g/mol. The zero-order valence-corrected chi connectivity index (χ0v) is 15.0. The third kappa shape index (κ3) is 3.63. The number of anilines is 1. The predicted molar refractivity (Wildman–Crippen MR) is 94.6 cm³/mol. The van der Waals surface area contributed by atoms with Crippen LogP contribution in [0.1, 0.15) is 10.4 Å². The lowest BCUT2D eigenvalue weighted by Gasteiger charge is -2.04. The molecule has 0 radical (unpaired) electrons. The summed E-state index contributed by atoms with van der Waals surface area (Å²) >= 11 is 10.5. The maximum absolute atomic E-state index is 13.3. The van der Waals surface area contributed by atoms with Crippen molar-refractivity contribution in [1.82, 2.24) is 4.98 Å². The SMILES string of the molecule is O=C(Nc1nc(-c2ccc(F)c(F)c2)cs1)c1cc(Br)ccc1Cl. The molecule has 3 rings (SSSR count). The van der Waals surface area contributed by atoms with Crippen LogP contribution in [0.3, 0.4) is 0 Å². The molecule has 3 nitrogen and oxygen atoms in total. The lowest BCUT2D eigenvalue weighted by molar-refractivity contribution is 0.102. The first-order valence-electron chi connectivity index (χ1n) is 6.61. The predicted octanol–water partition coefficient (Wildman–Crippen LogP) is 5.76. The van der Waals surface area contributed by atoms with Crippen molar-refractivity contribution in [2.24, 2.45) is 0 Å². The van der Waals surface area contributed by atoms with Gasteiger partial charge in [-0.1, -0.05) is 27.5 Å². The van der Waals surface area contributed by atoms with Gasteiger partial charge < -0.3 is 0 Å². The molecule has 0 aliphatic rings. The molecular formula is C16H8BrClF2N2OS. The molecule has 0 bridgehead atoms. The van der Waals surface area contributed by atoms with Gasteiger partial charge in [0, 0.05) is 15.4 Å². The highest BCUT2D eigenvalue weighted by Crippen LogP contribution is 2.27. The van der Waals surface area contributed by atoms with Gasteiger partial charge in [-0.3, -0.25) is 10.1 Å². The van der Waals surface area contributed by atoms with Crippen LogP contribution >= 0.6 is 38.9 Å². The van der Waals surface area contributed by atoms with Gasteiger partial charge in [-0.2, -0.15) is 0 Å². The molecule has 0 spiro atoms. The maximum Gasteiger partial charge on any atom is 0.258 e. The average Bonchev–Trinajstić information content (AvgIpc) is 3.00. The van der Waals surface area contributed by atoms with E-state index in [1.54, 1.807) is 23.6 Å². The molecule has 1 heterocycles. The van der Waals surface area contributed by atoms with Crippen LogP contribution in [0.2, 0.25) is 5.02 Å². The molecule has 0 atom stereocenters. The largest absolute Gasteiger partial charge is 0.298 e. The maximum atomic E-state index is 13.3. The van der Waals surface area contributed by atoms with E-state index >= 15 is 0 Å². The number of rotatable bonds is 3. The van der Waals surface area contributed by atoms with Crippen LogP contribution in [0.25, 0.3) is 11.3 Å². The molecule has 0 unspecified atom stereocenters. The second-order valence-electron chi connectivity index (χ2n) is 4.75. The molecule has 0 aliphatic heterocycles. The number of hydrogen-bond acceptors (Lipinski definition) is 3. The van der Waals surface area contributed by atoms with Gasteiger partial charge in [0.2, 0.25) is 0 Å². The van der Waals surface area contributed by atoms with Gasteiger partial charge in [-0.15, -0.1) is 11.3 Å². The van der Waals surface area contributed by atoms with E-state index in [4.69, 9.17) is 11.6 Å². The number of nitrogens with zero attached hydrogens (tertiary/aromatic N) is 1. The van der Waals surface area contributed by atoms with E-state index in [-0.39, 0.29) is 0 Å². The third-order valence-electron chi connectivity index (χ3n) is 3.11. The number of benzene rings is 2. The number of carbonyl (C=O) groups excluding carboxylic acids is 1. The number of halogens is 4. The minimum atomic E-state index is -0.952. The van der Waals surface area contributed by atoms with Gasteiger partial charge in [-0.05, 0) is 36.4 Å². The summed E-state index contributed by atoms with van der Waals surface area (Å²) in [4.78, 5) is 16.5. The Kier molecular flexibility index (Phi) is 4.93. The van der Waals surface area contributed by atoms with E-state index < -0.39 is 17.5 Å². The Hall–Kier alpha value is -1.83. The molecule has 0 saturated carbocycles. The highest BCUT2D eigenvalue weighted by atomic mass is 79.9. The first kappa shape index (κ1) is 17.0. The van der Waals surface area contributed by atoms with E-state index in [0.29, 0.717) is 27.0 Å². The van der Waals surface area contributed by atoms with Gasteiger partial charge >= 0.3 is 0 Å². The summed E-state index contributed by atoms with van der Waals surface area (Å²) in [6.07, 6.45) is 0. The molecule has 3 aromatic rings. The topological polar surface area (TPSA) is 42.0 Å². The van der Waals surface area contributed by atoms with Crippen molar-refractivity contribution < 1.29 is 13.6 Å². The van der Waals surface area contributed by atoms with Crippen LogP contribution in [-0.4, -0.2) is 10.9 Å². The molecular weight excluding hydrogens is 422 g/mol. The van der Waals surface area contributed by atoms with Gasteiger partial charge in [-0.25, -0.2) is 13.8 Å². The van der Waals surface area contributed by atoms with Gasteiger partial charge in [0.15, 0.2) is 16.8 Å². The second-order valence-corrected chi connectivity index (χ2v) is 6.93. The minimum absolute atomic E-state index is 0.301. The summed E-state index contributed by atoms with van der Waals surface area (Å²) in [5.74, 6) is -2.29. The van der Waals surface area contributed by atoms with E-state index in [1.807, 2.05) is 0 Å². The van der Waals surface area contributed by atoms with E-state index in [0.717, 1.165) is 16.6 Å². The van der Waals surface area contributed by atoms with Crippen molar-refractivity contribution in [2.75, 3.05) is 5.32 Å². The summed E-state index contributed by atoms with van der Waals surface area (Å²) in [7, 11) is 0. The van der Waals surface area contributed by atoms with E-state index in [2.05, 4.69) is 26.2 Å². The first-order chi connectivity index (χ1) is 11.4. The molecule has 1 amide bonds. The van der Waals surface area contributed by atoms with Gasteiger partial charge in [0.05, 0.1) is 16.3 Å². The fourth-order valence-electron chi connectivity index (χ4n) is 1.96. The summed E-state index contributed by atoms with van der Waals surface area (Å²) < 4.78 is 27.0. The fourth-order valence-corrected chi connectivity index (χ4v) is 3.23. The molecule has 1 N–H and O–H groups in total. The molecule has 122 valence electrons. The van der Waals surface area contributed by atoms with Crippen LogP contribution in [-0.2, 0) is 0 Å². The molecule has 0 aliphatic carbocycles. The summed E-state index contributed by atoms with van der Waals surface area (Å²) in [5.41, 5.74) is 1.16. The first-order valence-corrected chi connectivity index (χ1v) is 8.66. The number of thiazole rings is 1. The smallest absolute Gasteiger partial charge is 0.258 e. The van der Waals surface area contributed by atoms with E-state index in [1.165, 1.54) is 17.4 Å². The molecule has 2 aromatic carbocycles. The molecule has 8 heteroatoms. The Balaban J connectivity index is 1.82. The van der Waals surface area contributed by atoms with Crippen LogP contribution in [0.5, 0.6) is 0 Å². The summed E-state index contributed by atoms with van der Waals surface area (Å²) in [5, 5.41) is 4.92. The lowest BCUT2D eigenvalue weighted by atomic mass is 10.2. The normalized spacial score (nSPS) is 10.7. The number of hydrogen-bond donors (Lipinski definition) is 1. The highest BCUT2D eigenvalue weighted by Gasteiger charge is 2.14. The number of nitrogens with one attached hydrogen (secondary N) is 1. The van der Waals surface area contributed by atoms with Gasteiger partial charge in [0.25, 0.3) is 5.91 Å². The van der Waals surface area contributed by atoms with Crippen molar-refractivity contribution in [3.63, 3.8) is 0 Å². The van der Waals surface area contributed by atoms with Crippen LogP contribution in [0.4, 0.5) is 13.9 Å². The quantitative estimate of drug-likeness (QED) is 0.575. The van der Waals surface area contributed by atoms with Crippen LogP contribution < -0.4 is 5.32 Å². The Morgan fingerprint density at radius 3 is 2.71 bits per heavy atom. The third-order valence-corrected chi connectivity index (χ3v) is 4.69. The van der Waals surface area contributed by atoms with Crippen molar-refractivity contribution in [1.29, 1.82) is 0 Å². The molecule has 24 heavy (non-hydrogen) atoms. The second kappa shape index (κ2) is 6.96. The van der Waals surface area contributed by atoms with Crippen LogP contribution in [0.15, 0.2) is 46.3 Å². The molecule has 0 fully saturated rings. The Morgan fingerprint density at radius 2 is 1.96 bits per heavy atom.